The van der Waals surface area contributed by atoms with Crippen LogP contribution in [0.3, 0.4) is 0 Å². The van der Waals surface area contributed by atoms with Crippen LogP contribution < -0.4 is 9.64 Å². The first-order valence-electron chi connectivity index (χ1n) is 5.65. The Labute approximate surface area is 95.9 Å². The van der Waals surface area contributed by atoms with E-state index in [1.807, 2.05) is 18.2 Å². The SMILES string of the molecule is COc1cccc(N2CCC(O)C(C)C2)n1. The van der Waals surface area contributed by atoms with Gasteiger partial charge in [-0.05, 0) is 18.4 Å². The number of hydrogen-bond donors (Lipinski definition) is 1. The molecule has 1 fully saturated rings. The van der Waals surface area contributed by atoms with E-state index in [9.17, 15) is 5.11 Å². The van der Waals surface area contributed by atoms with Gasteiger partial charge in [0.25, 0.3) is 0 Å². The summed E-state index contributed by atoms with van der Waals surface area (Å²) in [6.07, 6.45) is 0.627. The third kappa shape index (κ3) is 2.27. The predicted octanol–water partition coefficient (Wildman–Crippen LogP) is 1.30. The van der Waals surface area contributed by atoms with Gasteiger partial charge in [0.15, 0.2) is 0 Å². The third-order valence-corrected chi connectivity index (χ3v) is 3.10. The highest BCUT2D eigenvalue weighted by Crippen LogP contribution is 2.23. The minimum Gasteiger partial charge on any atom is -0.481 e. The number of pyridine rings is 1. The largest absolute Gasteiger partial charge is 0.481 e. The molecule has 16 heavy (non-hydrogen) atoms. The average Bonchev–Trinajstić information content (AvgIpc) is 2.33. The van der Waals surface area contributed by atoms with Crippen LogP contribution in [0.5, 0.6) is 5.88 Å². The van der Waals surface area contributed by atoms with Gasteiger partial charge in [-0.3, -0.25) is 0 Å². The zero-order valence-electron chi connectivity index (χ0n) is 9.76. The van der Waals surface area contributed by atoms with Crippen LogP contribution in [0.4, 0.5) is 5.82 Å². The number of aromatic nitrogens is 1. The van der Waals surface area contributed by atoms with Crippen molar-refractivity contribution in [2.24, 2.45) is 5.92 Å². The Bertz CT molecular complexity index is 357. The molecule has 2 atom stereocenters. The van der Waals surface area contributed by atoms with Crippen LogP contribution in [-0.4, -0.2) is 36.4 Å². The fraction of sp³-hybridized carbons (Fsp3) is 0.583. The van der Waals surface area contributed by atoms with E-state index in [4.69, 9.17) is 4.74 Å². The number of ether oxygens (including phenoxy) is 1. The second kappa shape index (κ2) is 4.70. The first-order chi connectivity index (χ1) is 7.70. The quantitative estimate of drug-likeness (QED) is 0.819. The highest BCUT2D eigenvalue weighted by molar-refractivity contribution is 5.41. The average molecular weight is 222 g/mol. The molecule has 1 aromatic rings. The molecule has 2 rings (SSSR count). The topological polar surface area (TPSA) is 45.6 Å². The maximum atomic E-state index is 9.67. The van der Waals surface area contributed by atoms with E-state index in [1.165, 1.54) is 0 Å². The van der Waals surface area contributed by atoms with Gasteiger partial charge < -0.3 is 14.7 Å². The van der Waals surface area contributed by atoms with E-state index in [-0.39, 0.29) is 6.10 Å². The van der Waals surface area contributed by atoms with Crippen LogP contribution in [0, 0.1) is 5.92 Å². The van der Waals surface area contributed by atoms with E-state index in [0.717, 1.165) is 25.3 Å². The van der Waals surface area contributed by atoms with Crippen LogP contribution in [-0.2, 0) is 0 Å². The molecule has 4 heteroatoms. The summed E-state index contributed by atoms with van der Waals surface area (Å²) >= 11 is 0. The summed E-state index contributed by atoms with van der Waals surface area (Å²) in [7, 11) is 1.62. The number of hydrogen-bond acceptors (Lipinski definition) is 4. The summed E-state index contributed by atoms with van der Waals surface area (Å²) in [5, 5.41) is 9.67. The Morgan fingerprint density at radius 1 is 1.50 bits per heavy atom. The maximum Gasteiger partial charge on any atom is 0.214 e. The number of aliphatic hydroxyl groups excluding tert-OH is 1. The van der Waals surface area contributed by atoms with Crippen LogP contribution in [0.1, 0.15) is 13.3 Å². The molecule has 1 saturated heterocycles. The minimum absolute atomic E-state index is 0.179. The Kier molecular flexibility index (Phi) is 3.29. The lowest BCUT2D eigenvalue weighted by Crippen LogP contribution is -2.42. The summed E-state index contributed by atoms with van der Waals surface area (Å²) in [5.74, 6) is 1.86. The monoisotopic (exact) mass is 222 g/mol. The number of piperidine rings is 1. The Morgan fingerprint density at radius 3 is 3.00 bits per heavy atom. The molecule has 4 nitrogen and oxygen atoms in total. The van der Waals surface area contributed by atoms with Gasteiger partial charge in [0, 0.05) is 19.2 Å². The van der Waals surface area contributed by atoms with Crippen LogP contribution in [0.15, 0.2) is 18.2 Å². The Hall–Kier alpha value is -1.29. The predicted molar refractivity (Wildman–Crippen MR) is 62.8 cm³/mol. The molecule has 88 valence electrons. The summed E-state index contributed by atoms with van der Waals surface area (Å²) in [6, 6.07) is 5.76. The molecule has 0 aromatic carbocycles. The lowest BCUT2D eigenvalue weighted by Gasteiger charge is -2.35. The van der Waals surface area contributed by atoms with Crippen LogP contribution >= 0.6 is 0 Å². The summed E-state index contributed by atoms with van der Waals surface area (Å²) in [4.78, 5) is 6.59. The van der Waals surface area contributed by atoms with E-state index in [1.54, 1.807) is 7.11 Å². The molecule has 1 aliphatic heterocycles. The van der Waals surface area contributed by atoms with E-state index in [0.29, 0.717) is 11.8 Å². The van der Waals surface area contributed by atoms with Gasteiger partial charge in [0.05, 0.1) is 13.2 Å². The molecule has 0 saturated carbocycles. The molecule has 0 spiro atoms. The van der Waals surface area contributed by atoms with Crippen molar-refractivity contribution in [3.8, 4) is 5.88 Å². The van der Waals surface area contributed by atoms with Gasteiger partial charge >= 0.3 is 0 Å². The Morgan fingerprint density at radius 2 is 2.31 bits per heavy atom. The van der Waals surface area contributed by atoms with Gasteiger partial charge in [0.1, 0.15) is 5.82 Å². The first-order valence-corrected chi connectivity index (χ1v) is 5.65. The van der Waals surface area contributed by atoms with Crippen molar-refractivity contribution in [1.29, 1.82) is 0 Å². The van der Waals surface area contributed by atoms with Gasteiger partial charge in [-0.1, -0.05) is 13.0 Å². The fourth-order valence-corrected chi connectivity index (χ4v) is 2.04. The lowest BCUT2D eigenvalue weighted by molar-refractivity contribution is 0.0968. The smallest absolute Gasteiger partial charge is 0.214 e. The number of methoxy groups -OCH3 is 1. The highest BCUT2D eigenvalue weighted by Gasteiger charge is 2.24. The number of aliphatic hydroxyl groups is 1. The van der Waals surface area contributed by atoms with Crippen molar-refractivity contribution in [3.05, 3.63) is 18.2 Å². The number of nitrogens with zero attached hydrogens (tertiary/aromatic N) is 2. The van der Waals surface area contributed by atoms with Gasteiger partial charge in [-0.2, -0.15) is 4.98 Å². The van der Waals surface area contributed by atoms with E-state index >= 15 is 0 Å². The number of rotatable bonds is 2. The van der Waals surface area contributed by atoms with Crippen molar-refractivity contribution >= 4 is 5.82 Å². The minimum atomic E-state index is -0.179. The molecule has 0 aliphatic carbocycles. The van der Waals surface area contributed by atoms with Crippen molar-refractivity contribution in [1.82, 2.24) is 4.98 Å². The van der Waals surface area contributed by atoms with Crippen molar-refractivity contribution in [2.45, 2.75) is 19.4 Å². The van der Waals surface area contributed by atoms with Gasteiger partial charge in [-0.15, -0.1) is 0 Å². The molecule has 0 amide bonds. The highest BCUT2D eigenvalue weighted by atomic mass is 16.5. The molecule has 1 N–H and O–H groups in total. The molecule has 1 aromatic heterocycles. The zero-order chi connectivity index (χ0) is 11.5. The lowest BCUT2D eigenvalue weighted by atomic mass is 9.97. The summed E-state index contributed by atoms with van der Waals surface area (Å²) in [5.41, 5.74) is 0. The van der Waals surface area contributed by atoms with E-state index < -0.39 is 0 Å². The van der Waals surface area contributed by atoms with Crippen molar-refractivity contribution in [3.63, 3.8) is 0 Å². The molecule has 2 heterocycles. The van der Waals surface area contributed by atoms with Gasteiger partial charge in [-0.25, -0.2) is 0 Å². The standard InChI is InChI=1S/C12H18N2O2/c1-9-8-14(7-6-10(9)15)11-4-3-5-12(13-11)16-2/h3-5,9-10,15H,6-8H2,1-2H3. The Balaban J connectivity index is 2.12. The molecular weight excluding hydrogens is 204 g/mol. The molecule has 2 unspecified atom stereocenters. The van der Waals surface area contributed by atoms with Crippen molar-refractivity contribution in [2.75, 3.05) is 25.1 Å². The second-order valence-electron chi connectivity index (χ2n) is 4.32. The zero-order valence-corrected chi connectivity index (χ0v) is 9.76. The fourth-order valence-electron chi connectivity index (χ4n) is 2.04. The van der Waals surface area contributed by atoms with Crippen LogP contribution in [0.2, 0.25) is 0 Å². The van der Waals surface area contributed by atoms with E-state index in [2.05, 4.69) is 16.8 Å². The second-order valence-corrected chi connectivity index (χ2v) is 4.32. The molecule has 0 bridgehead atoms. The summed E-state index contributed by atoms with van der Waals surface area (Å²) < 4.78 is 5.11. The molecular formula is C12H18N2O2. The first kappa shape index (κ1) is 11.2. The van der Waals surface area contributed by atoms with Crippen molar-refractivity contribution < 1.29 is 9.84 Å². The molecule has 0 radical (unpaired) electrons. The van der Waals surface area contributed by atoms with Crippen LogP contribution in [0.25, 0.3) is 0 Å². The van der Waals surface area contributed by atoms with Gasteiger partial charge in [0.2, 0.25) is 5.88 Å². The summed E-state index contributed by atoms with van der Waals surface area (Å²) in [6.45, 7) is 3.77. The normalized spacial score (nSPS) is 25.6. The third-order valence-electron chi connectivity index (χ3n) is 3.10. The molecule has 1 aliphatic rings. The number of anilines is 1. The maximum absolute atomic E-state index is 9.67.